The summed E-state index contributed by atoms with van der Waals surface area (Å²) >= 11 is 5.98. The summed E-state index contributed by atoms with van der Waals surface area (Å²) in [6, 6.07) is 7.36. The maximum Gasteiger partial charge on any atom is 0.228 e. The first-order chi connectivity index (χ1) is 11.7. The number of aliphatic imine (C=N–C) groups is 1. The molecule has 0 saturated carbocycles. The van der Waals surface area contributed by atoms with Crippen molar-refractivity contribution in [1.29, 1.82) is 0 Å². The van der Waals surface area contributed by atoms with Crippen LogP contribution in [0.2, 0.25) is 5.02 Å². The molecule has 1 heterocycles. The van der Waals surface area contributed by atoms with Gasteiger partial charge in [-0.1, -0.05) is 28.9 Å². The molecular weight excluding hydrogens is 330 g/mol. The van der Waals surface area contributed by atoms with Crippen LogP contribution in [0.3, 0.4) is 0 Å². The second-order valence-electron chi connectivity index (χ2n) is 4.95. The normalized spacial score (nSPS) is 11.5. The minimum absolute atomic E-state index is 0.535. The van der Waals surface area contributed by atoms with Crippen molar-refractivity contribution in [3.63, 3.8) is 0 Å². The van der Waals surface area contributed by atoms with E-state index in [0.717, 1.165) is 18.1 Å². The monoisotopic (exact) mass is 351 g/mol. The predicted molar refractivity (Wildman–Crippen MR) is 94.3 cm³/mol. The van der Waals surface area contributed by atoms with E-state index in [1.54, 1.807) is 19.2 Å². The lowest BCUT2D eigenvalue weighted by Crippen LogP contribution is -2.38. The first-order valence-corrected chi connectivity index (χ1v) is 8.20. The number of ether oxygens (including phenoxy) is 1. The minimum atomic E-state index is 0.535. The molecule has 2 aromatic rings. The smallest absolute Gasteiger partial charge is 0.228 e. The number of rotatable bonds is 8. The van der Waals surface area contributed by atoms with E-state index in [-0.39, 0.29) is 0 Å². The van der Waals surface area contributed by atoms with Crippen LogP contribution in [0.1, 0.15) is 12.8 Å². The molecule has 0 aliphatic carbocycles. The molecule has 7 nitrogen and oxygen atoms in total. The number of benzene rings is 1. The molecule has 0 atom stereocenters. The van der Waals surface area contributed by atoms with Crippen molar-refractivity contribution >= 4 is 17.6 Å². The number of nitrogens with zero attached hydrogens (tertiary/aromatic N) is 3. The average molecular weight is 352 g/mol. The number of guanidine groups is 1. The molecule has 0 aliphatic heterocycles. The summed E-state index contributed by atoms with van der Waals surface area (Å²) in [7, 11) is 1.66. The van der Waals surface area contributed by atoms with Gasteiger partial charge in [-0.25, -0.2) is 0 Å². The Kier molecular flexibility index (Phi) is 7.51. The van der Waals surface area contributed by atoms with Gasteiger partial charge in [0.05, 0.1) is 13.2 Å². The number of methoxy groups -OCH3 is 1. The molecule has 0 fully saturated rings. The molecule has 0 bridgehead atoms. The van der Waals surface area contributed by atoms with Crippen LogP contribution < -0.4 is 10.6 Å². The fraction of sp³-hybridized carbons (Fsp3) is 0.438. The molecule has 0 aliphatic rings. The van der Waals surface area contributed by atoms with Crippen LogP contribution in [-0.2, 0) is 11.2 Å². The van der Waals surface area contributed by atoms with Crippen molar-refractivity contribution < 1.29 is 9.26 Å². The van der Waals surface area contributed by atoms with Crippen LogP contribution in [0.5, 0.6) is 0 Å². The highest BCUT2D eigenvalue weighted by molar-refractivity contribution is 6.30. The minimum Gasteiger partial charge on any atom is -0.383 e. The van der Waals surface area contributed by atoms with Crippen LogP contribution in [0.25, 0.3) is 11.4 Å². The maximum absolute atomic E-state index is 5.98. The summed E-state index contributed by atoms with van der Waals surface area (Å²) in [4.78, 5) is 8.77. The van der Waals surface area contributed by atoms with E-state index in [2.05, 4.69) is 25.8 Å². The number of hydrogen-bond acceptors (Lipinski definition) is 5. The van der Waals surface area contributed by atoms with Crippen LogP contribution in [-0.4, -0.2) is 49.5 Å². The van der Waals surface area contributed by atoms with Gasteiger partial charge in [0.25, 0.3) is 0 Å². The fourth-order valence-electron chi connectivity index (χ4n) is 1.98. The van der Waals surface area contributed by atoms with Gasteiger partial charge < -0.3 is 19.9 Å². The Morgan fingerprint density at radius 1 is 1.38 bits per heavy atom. The molecule has 130 valence electrons. The quantitative estimate of drug-likeness (QED) is 0.430. The zero-order chi connectivity index (χ0) is 17.2. The van der Waals surface area contributed by atoms with Gasteiger partial charge in [-0.15, -0.1) is 0 Å². The Morgan fingerprint density at radius 3 is 3.00 bits per heavy atom. The Balaban J connectivity index is 1.87. The molecule has 2 rings (SSSR count). The molecule has 1 aromatic carbocycles. The topological polar surface area (TPSA) is 84.6 Å². The highest BCUT2D eigenvalue weighted by Crippen LogP contribution is 2.19. The van der Waals surface area contributed by atoms with Crippen LogP contribution >= 0.6 is 11.6 Å². The van der Waals surface area contributed by atoms with Gasteiger partial charge in [0.1, 0.15) is 0 Å². The SMILES string of the molecule is CCNC(=NCCOC)NCCc1nc(-c2cccc(Cl)c2)no1. The number of halogens is 1. The molecule has 0 unspecified atom stereocenters. The Hall–Kier alpha value is -2.12. The van der Waals surface area contributed by atoms with Gasteiger partial charge in [-0.2, -0.15) is 4.98 Å². The molecule has 0 radical (unpaired) electrons. The van der Waals surface area contributed by atoms with Gasteiger partial charge >= 0.3 is 0 Å². The molecule has 1 aromatic heterocycles. The molecule has 0 amide bonds. The van der Waals surface area contributed by atoms with Crippen molar-refractivity contribution in [2.24, 2.45) is 4.99 Å². The number of hydrogen-bond donors (Lipinski definition) is 2. The Bertz CT molecular complexity index is 659. The summed E-state index contributed by atoms with van der Waals surface area (Å²) in [5.74, 6) is 1.84. The van der Waals surface area contributed by atoms with Gasteiger partial charge in [0, 0.05) is 37.2 Å². The van der Waals surface area contributed by atoms with Gasteiger partial charge in [0.15, 0.2) is 5.96 Å². The molecule has 0 spiro atoms. The number of aromatic nitrogens is 2. The van der Waals surface area contributed by atoms with E-state index < -0.39 is 0 Å². The van der Waals surface area contributed by atoms with Crippen molar-refractivity contribution in [2.45, 2.75) is 13.3 Å². The summed E-state index contributed by atoms with van der Waals surface area (Å²) in [5, 5.41) is 11.0. The zero-order valence-electron chi connectivity index (χ0n) is 13.9. The van der Waals surface area contributed by atoms with Crippen molar-refractivity contribution in [2.75, 3.05) is 33.4 Å². The number of nitrogens with one attached hydrogen (secondary N) is 2. The third-order valence-corrected chi connectivity index (χ3v) is 3.33. The van der Waals surface area contributed by atoms with E-state index >= 15 is 0 Å². The predicted octanol–water partition coefficient (Wildman–Crippen LogP) is 2.13. The standard InChI is InChI=1S/C16H22ClN5O2/c1-3-18-16(20-9-10-23-2)19-8-7-14-21-15(22-24-14)12-5-4-6-13(17)11-12/h4-6,11H,3,7-10H2,1-2H3,(H2,18,19,20). The highest BCUT2D eigenvalue weighted by Gasteiger charge is 2.09. The van der Waals surface area contributed by atoms with E-state index in [1.807, 2.05) is 19.1 Å². The van der Waals surface area contributed by atoms with E-state index in [1.165, 1.54) is 0 Å². The van der Waals surface area contributed by atoms with Crippen molar-refractivity contribution in [3.05, 3.63) is 35.2 Å². The lowest BCUT2D eigenvalue weighted by Gasteiger charge is -2.09. The molecular formula is C16H22ClN5O2. The average Bonchev–Trinajstić information content (AvgIpc) is 3.04. The zero-order valence-corrected chi connectivity index (χ0v) is 14.6. The van der Waals surface area contributed by atoms with Crippen molar-refractivity contribution in [3.8, 4) is 11.4 Å². The third kappa shape index (κ3) is 5.82. The van der Waals surface area contributed by atoms with E-state index in [4.69, 9.17) is 20.9 Å². The summed E-state index contributed by atoms with van der Waals surface area (Å²) < 4.78 is 10.3. The van der Waals surface area contributed by atoms with Crippen LogP contribution in [0.15, 0.2) is 33.8 Å². The van der Waals surface area contributed by atoms with Gasteiger partial charge in [-0.3, -0.25) is 4.99 Å². The van der Waals surface area contributed by atoms with Crippen molar-refractivity contribution in [1.82, 2.24) is 20.8 Å². The summed E-state index contributed by atoms with van der Waals surface area (Å²) in [6.07, 6.45) is 0.599. The second-order valence-corrected chi connectivity index (χ2v) is 5.39. The molecule has 2 N–H and O–H groups in total. The summed E-state index contributed by atoms with van der Waals surface area (Å²) in [6.45, 7) is 4.63. The fourth-order valence-corrected chi connectivity index (χ4v) is 2.17. The molecule has 24 heavy (non-hydrogen) atoms. The van der Waals surface area contributed by atoms with Gasteiger partial charge in [-0.05, 0) is 19.1 Å². The third-order valence-electron chi connectivity index (χ3n) is 3.09. The Morgan fingerprint density at radius 2 is 2.25 bits per heavy atom. The summed E-state index contributed by atoms with van der Waals surface area (Å²) in [5.41, 5.74) is 0.833. The lowest BCUT2D eigenvalue weighted by molar-refractivity contribution is 0.208. The first kappa shape index (κ1) is 18.2. The van der Waals surface area contributed by atoms with Crippen LogP contribution in [0, 0.1) is 0 Å². The van der Waals surface area contributed by atoms with Crippen LogP contribution in [0.4, 0.5) is 0 Å². The Labute approximate surface area is 146 Å². The first-order valence-electron chi connectivity index (χ1n) is 7.82. The van der Waals surface area contributed by atoms with Gasteiger partial charge in [0.2, 0.25) is 11.7 Å². The van der Waals surface area contributed by atoms with E-state index in [0.29, 0.717) is 42.9 Å². The molecule has 8 heteroatoms. The second kappa shape index (κ2) is 9.89. The highest BCUT2D eigenvalue weighted by atomic mass is 35.5. The lowest BCUT2D eigenvalue weighted by atomic mass is 10.2. The maximum atomic E-state index is 5.98. The largest absolute Gasteiger partial charge is 0.383 e. The van der Waals surface area contributed by atoms with E-state index in [9.17, 15) is 0 Å². The molecule has 0 saturated heterocycles.